The Labute approximate surface area is 161 Å². The molecule has 1 aromatic carbocycles. The summed E-state index contributed by atoms with van der Waals surface area (Å²) >= 11 is 6.07. The van der Waals surface area contributed by atoms with E-state index in [0.717, 1.165) is 55.8 Å². The van der Waals surface area contributed by atoms with Crippen molar-refractivity contribution in [3.63, 3.8) is 0 Å². The molecule has 0 bridgehead atoms. The van der Waals surface area contributed by atoms with E-state index >= 15 is 0 Å². The lowest BCUT2D eigenvalue weighted by Crippen LogP contribution is -2.48. The van der Waals surface area contributed by atoms with Gasteiger partial charge in [-0.3, -0.25) is 4.79 Å². The van der Waals surface area contributed by atoms with Gasteiger partial charge in [0.05, 0.1) is 5.41 Å². The van der Waals surface area contributed by atoms with E-state index in [1.165, 1.54) is 12.8 Å². The van der Waals surface area contributed by atoms with Crippen molar-refractivity contribution in [3.8, 4) is 0 Å². The van der Waals surface area contributed by atoms with Crippen molar-refractivity contribution in [2.45, 2.75) is 56.4 Å². The molecule has 1 aromatic rings. The first-order valence-electron chi connectivity index (χ1n) is 9.41. The number of hydrogen-bond donors (Lipinski definition) is 1. The van der Waals surface area contributed by atoms with Crippen molar-refractivity contribution in [3.05, 3.63) is 34.9 Å². The van der Waals surface area contributed by atoms with Crippen molar-refractivity contribution in [1.82, 2.24) is 4.90 Å². The molecule has 2 aliphatic carbocycles. The Bertz CT molecular complexity index is 613. The average molecular weight is 383 g/mol. The third kappa shape index (κ3) is 3.31. The highest BCUT2D eigenvalue weighted by Gasteiger charge is 2.49. The zero-order valence-electron chi connectivity index (χ0n) is 14.6. The van der Waals surface area contributed by atoms with E-state index in [-0.39, 0.29) is 23.9 Å². The summed E-state index contributed by atoms with van der Waals surface area (Å²) in [4.78, 5) is 15.7. The number of carbonyl (C=O) groups excluding carboxylic acids is 1. The average Bonchev–Trinajstić information content (AvgIpc) is 3.18. The summed E-state index contributed by atoms with van der Waals surface area (Å²) in [6.45, 7) is 1.77. The largest absolute Gasteiger partial charge is 0.341 e. The Morgan fingerprint density at radius 2 is 1.76 bits per heavy atom. The highest BCUT2D eigenvalue weighted by molar-refractivity contribution is 6.30. The molecule has 3 aliphatic rings. The molecular weight excluding hydrogens is 355 g/mol. The molecule has 0 spiro atoms. The normalized spacial score (nSPS) is 30.6. The van der Waals surface area contributed by atoms with Gasteiger partial charge >= 0.3 is 0 Å². The van der Waals surface area contributed by atoms with Crippen molar-refractivity contribution in [1.29, 1.82) is 0 Å². The Morgan fingerprint density at radius 3 is 2.40 bits per heavy atom. The molecule has 1 saturated heterocycles. The first-order valence-corrected chi connectivity index (χ1v) is 9.79. The Balaban J connectivity index is 0.00000182. The molecule has 5 heteroatoms. The Morgan fingerprint density at radius 1 is 1.08 bits per heavy atom. The SMILES string of the molecule is Cl.NC1CCC2CN(C(=O)C3(c4ccc(Cl)cc4)CCCCC3)CC12. The van der Waals surface area contributed by atoms with Crippen molar-refractivity contribution in [2.75, 3.05) is 13.1 Å². The molecule has 1 aliphatic heterocycles. The van der Waals surface area contributed by atoms with Gasteiger partial charge in [0.15, 0.2) is 0 Å². The van der Waals surface area contributed by atoms with Crippen molar-refractivity contribution >= 4 is 29.9 Å². The van der Waals surface area contributed by atoms with Crippen molar-refractivity contribution in [2.24, 2.45) is 17.6 Å². The van der Waals surface area contributed by atoms with Gasteiger partial charge in [-0.15, -0.1) is 12.4 Å². The molecule has 0 aromatic heterocycles. The summed E-state index contributed by atoms with van der Waals surface area (Å²) in [7, 11) is 0. The second kappa shape index (κ2) is 7.46. The maximum Gasteiger partial charge on any atom is 0.233 e. The fourth-order valence-electron chi connectivity index (χ4n) is 5.33. The van der Waals surface area contributed by atoms with E-state index in [1.807, 2.05) is 12.1 Å². The van der Waals surface area contributed by atoms with Crippen LogP contribution in [0.4, 0.5) is 0 Å². The number of hydrogen-bond acceptors (Lipinski definition) is 2. The number of amides is 1. The van der Waals surface area contributed by atoms with Gasteiger partial charge in [-0.1, -0.05) is 43.0 Å². The number of benzene rings is 1. The second-order valence-corrected chi connectivity index (χ2v) is 8.46. The number of nitrogens with two attached hydrogens (primary N) is 1. The zero-order valence-corrected chi connectivity index (χ0v) is 16.2. The van der Waals surface area contributed by atoms with Crippen LogP contribution < -0.4 is 5.73 Å². The molecule has 3 fully saturated rings. The quantitative estimate of drug-likeness (QED) is 0.834. The van der Waals surface area contributed by atoms with Crippen LogP contribution >= 0.6 is 24.0 Å². The maximum atomic E-state index is 13.6. The topological polar surface area (TPSA) is 46.3 Å². The monoisotopic (exact) mass is 382 g/mol. The first kappa shape index (κ1) is 19.0. The van der Waals surface area contributed by atoms with Gasteiger partial charge in [0.25, 0.3) is 0 Å². The molecule has 25 heavy (non-hydrogen) atoms. The summed E-state index contributed by atoms with van der Waals surface area (Å²) in [5, 5.41) is 0.735. The summed E-state index contributed by atoms with van der Waals surface area (Å²) in [6.07, 6.45) is 7.74. The highest BCUT2D eigenvalue weighted by atomic mass is 35.5. The van der Waals surface area contributed by atoms with Crippen molar-refractivity contribution < 1.29 is 4.79 Å². The molecule has 3 atom stereocenters. The predicted octanol–water partition coefficient (Wildman–Crippen LogP) is 4.16. The lowest BCUT2D eigenvalue weighted by Gasteiger charge is -2.39. The van der Waals surface area contributed by atoms with Gasteiger partial charge in [-0.2, -0.15) is 0 Å². The number of rotatable bonds is 2. The number of likely N-dealkylation sites (tertiary alicyclic amines) is 1. The van der Waals surface area contributed by atoms with Crippen LogP contribution in [0.3, 0.4) is 0 Å². The fraction of sp³-hybridized carbons (Fsp3) is 0.650. The van der Waals surface area contributed by atoms with Crippen LogP contribution in [0, 0.1) is 11.8 Å². The molecule has 1 heterocycles. The number of carbonyl (C=O) groups is 1. The van der Waals surface area contributed by atoms with Gasteiger partial charge in [-0.25, -0.2) is 0 Å². The molecule has 4 rings (SSSR count). The number of fused-ring (bicyclic) bond motifs is 1. The van der Waals surface area contributed by atoms with E-state index in [0.29, 0.717) is 17.7 Å². The predicted molar refractivity (Wildman–Crippen MR) is 104 cm³/mol. The zero-order chi connectivity index (χ0) is 16.7. The lowest BCUT2D eigenvalue weighted by atomic mass is 9.68. The van der Waals surface area contributed by atoms with Crippen LogP contribution in [0.2, 0.25) is 5.02 Å². The summed E-state index contributed by atoms with van der Waals surface area (Å²) in [6, 6.07) is 8.26. The van der Waals surface area contributed by atoms with E-state index < -0.39 is 0 Å². The van der Waals surface area contributed by atoms with E-state index in [1.54, 1.807) is 0 Å². The lowest BCUT2D eigenvalue weighted by molar-refractivity contribution is -0.138. The first-order chi connectivity index (χ1) is 11.6. The van der Waals surface area contributed by atoms with Gasteiger partial charge in [-0.05, 0) is 55.2 Å². The number of nitrogens with zero attached hydrogens (tertiary/aromatic N) is 1. The second-order valence-electron chi connectivity index (χ2n) is 8.02. The molecule has 3 unspecified atom stereocenters. The molecule has 1 amide bonds. The maximum absolute atomic E-state index is 13.6. The molecular formula is C20H28Cl2N2O. The van der Waals surface area contributed by atoms with Crippen LogP contribution in [-0.2, 0) is 10.2 Å². The molecule has 0 radical (unpaired) electrons. The summed E-state index contributed by atoms with van der Waals surface area (Å²) in [5.74, 6) is 1.47. The van der Waals surface area contributed by atoms with Gasteiger partial charge in [0.1, 0.15) is 0 Å². The molecule has 2 saturated carbocycles. The minimum Gasteiger partial charge on any atom is -0.341 e. The minimum absolute atomic E-state index is 0. The Kier molecular flexibility index (Phi) is 5.67. The minimum atomic E-state index is -0.342. The standard InChI is InChI=1S/C20H27ClN2O.ClH/c21-16-7-5-15(6-8-16)20(10-2-1-3-11-20)19(24)23-12-14-4-9-18(22)17(14)13-23;/h5-8,14,17-18H,1-4,9-13,22H2;1H. The van der Waals surface area contributed by atoms with E-state index in [9.17, 15) is 4.79 Å². The number of halogens is 2. The third-order valence-corrected chi connectivity index (χ3v) is 6.96. The van der Waals surface area contributed by atoms with Gasteiger partial charge < -0.3 is 10.6 Å². The van der Waals surface area contributed by atoms with E-state index in [2.05, 4.69) is 17.0 Å². The Hall–Kier alpha value is -0.770. The van der Waals surface area contributed by atoms with Crippen LogP contribution in [0.25, 0.3) is 0 Å². The third-order valence-electron chi connectivity index (χ3n) is 6.71. The highest BCUT2D eigenvalue weighted by Crippen LogP contribution is 2.44. The smallest absolute Gasteiger partial charge is 0.233 e. The van der Waals surface area contributed by atoms with Crippen LogP contribution in [-0.4, -0.2) is 29.9 Å². The van der Waals surface area contributed by atoms with Crippen LogP contribution in [0.5, 0.6) is 0 Å². The molecule has 138 valence electrons. The molecule has 3 nitrogen and oxygen atoms in total. The van der Waals surface area contributed by atoms with Crippen LogP contribution in [0.15, 0.2) is 24.3 Å². The van der Waals surface area contributed by atoms with Gasteiger partial charge in [0, 0.05) is 24.2 Å². The van der Waals surface area contributed by atoms with Gasteiger partial charge in [0.2, 0.25) is 5.91 Å². The summed E-state index contributed by atoms with van der Waals surface area (Å²) < 4.78 is 0. The summed E-state index contributed by atoms with van der Waals surface area (Å²) in [5.41, 5.74) is 7.08. The molecule has 2 N–H and O–H groups in total. The van der Waals surface area contributed by atoms with Crippen LogP contribution in [0.1, 0.15) is 50.5 Å². The van der Waals surface area contributed by atoms with E-state index in [4.69, 9.17) is 17.3 Å². The fourth-order valence-corrected chi connectivity index (χ4v) is 5.45.